The first-order valence-electron chi connectivity index (χ1n) is 5.76. The lowest BCUT2D eigenvalue weighted by Crippen LogP contribution is -2.45. The third-order valence-corrected chi connectivity index (χ3v) is 5.02. The Balaban J connectivity index is 0.00000256. The quantitative estimate of drug-likeness (QED) is 0.826. The molecule has 2 atom stereocenters. The first-order chi connectivity index (χ1) is 7.47. The van der Waals surface area contributed by atoms with Crippen molar-refractivity contribution in [2.24, 2.45) is 11.7 Å². The second-order valence-electron chi connectivity index (χ2n) is 4.48. The van der Waals surface area contributed by atoms with Crippen LogP contribution in [0, 0.1) is 5.92 Å². The SMILES string of the molecule is CC(N)C1CCCN(S(=O)(=O)CCCF)C1.Cl. The van der Waals surface area contributed by atoms with Gasteiger partial charge in [0.2, 0.25) is 10.0 Å². The lowest BCUT2D eigenvalue weighted by Gasteiger charge is -2.33. The first-order valence-corrected chi connectivity index (χ1v) is 7.37. The van der Waals surface area contributed by atoms with Crippen LogP contribution in [0.3, 0.4) is 0 Å². The third kappa shape index (κ3) is 5.07. The van der Waals surface area contributed by atoms with Crippen LogP contribution < -0.4 is 5.73 Å². The lowest BCUT2D eigenvalue weighted by molar-refractivity contribution is 0.243. The van der Waals surface area contributed by atoms with Crippen LogP contribution in [0.4, 0.5) is 4.39 Å². The summed E-state index contributed by atoms with van der Waals surface area (Å²) < 4.78 is 37.1. The van der Waals surface area contributed by atoms with E-state index >= 15 is 0 Å². The van der Waals surface area contributed by atoms with Crippen molar-refractivity contribution >= 4 is 22.4 Å². The van der Waals surface area contributed by atoms with Gasteiger partial charge < -0.3 is 5.73 Å². The number of halogens is 2. The third-order valence-electron chi connectivity index (χ3n) is 3.09. The molecule has 0 aromatic heterocycles. The molecule has 0 aromatic rings. The van der Waals surface area contributed by atoms with E-state index in [1.807, 2.05) is 6.92 Å². The fourth-order valence-electron chi connectivity index (χ4n) is 2.02. The van der Waals surface area contributed by atoms with E-state index in [2.05, 4.69) is 0 Å². The Bertz CT molecular complexity index is 311. The molecule has 2 unspecified atom stereocenters. The van der Waals surface area contributed by atoms with Crippen molar-refractivity contribution in [1.29, 1.82) is 0 Å². The summed E-state index contributed by atoms with van der Waals surface area (Å²) in [5.41, 5.74) is 5.79. The Morgan fingerprint density at radius 3 is 2.71 bits per heavy atom. The largest absolute Gasteiger partial charge is 0.328 e. The van der Waals surface area contributed by atoms with Crippen LogP contribution in [0.5, 0.6) is 0 Å². The second-order valence-corrected chi connectivity index (χ2v) is 6.57. The van der Waals surface area contributed by atoms with Gasteiger partial charge in [-0.3, -0.25) is 4.39 Å². The summed E-state index contributed by atoms with van der Waals surface area (Å²) in [6.07, 6.45) is 1.91. The highest BCUT2D eigenvalue weighted by Gasteiger charge is 2.29. The fraction of sp³-hybridized carbons (Fsp3) is 1.00. The summed E-state index contributed by atoms with van der Waals surface area (Å²) in [6.45, 7) is 2.37. The van der Waals surface area contributed by atoms with Crippen LogP contribution >= 0.6 is 12.4 Å². The van der Waals surface area contributed by atoms with E-state index in [-0.39, 0.29) is 36.5 Å². The molecule has 0 spiro atoms. The summed E-state index contributed by atoms with van der Waals surface area (Å²) in [4.78, 5) is 0. The van der Waals surface area contributed by atoms with Crippen molar-refractivity contribution in [1.82, 2.24) is 4.31 Å². The minimum atomic E-state index is -3.27. The Labute approximate surface area is 109 Å². The van der Waals surface area contributed by atoms with Crippen molar-refractivity contribution in [3.8, 4) is 0 Å². The van der Waals surface area contributed by atoms with Crippen LogP contribution in [0.25, 0.3) is 0 Å². The molecule has 0 aliphatic carbocycles. The zero-order valence-corrected chi connectivity index (χ0v) is 11.8. The zero-order chi connectivity index (χ0) is 12.2. The average Bonchev–Trinajstić information content (AvgIpc) is 2.26. The van der Waals surface area contributed by atoms with E-state index in [0.29, 0.717) is 13.1 Å². The van der Waals surface area contributed by atoms with E-state index in [4.69, 9.17) is 5.73 Å². The molecule has 1 fully saturated rings. The number of piperidine rings is 1. The molecule has 17 heavy (non-hydrogen) atoms. The maximum atomic E-state index is 12.0. The van der Waals surface area contributed by atoms with Gasteiger partial charge in [-0.1, -0.05) is 0 Å². The molecule has 0 amide bonds. The number of alkyl halides is 1. The molecule has 0 saturated carbocycles. The van der Waals surface area contributed by atoms with E-state index in [9.17, 15) is 12.8 Å². The standard InChI is InChI=1S/C10H21FN2O2S.ClH/c1-9(12)10-4-2-6-13(8-10)16(14,15)7-3-5-11;/h9-10H,2-8,12H2,1H3;1H. The number of sulfonamides is 1. The normalized spacial score (nSPS) is 24.1. The summed E-state index contributed by atoms with van der Waals surface area (Å²) >= 11 is 0. The molecule has 0 bridgehead atoms. The van der Waals surface area contributed by atoms with E-state index < -0.39 is 16.7 Å². The molecule has 1 heterocycles. The number of rotatable bonds is 5. The lowest BCUT2D eigenvalue weighted by atomic mass is 9.93. The number of hydrogen-bond acceptors (Lipinski definition) is 3. The van der Waals surface area contributed by atoms with Gasteiger partial charge in [-0.25, -0.2) is 12.7 Å². The molecular formula is C10H22ClFN2O2S. The smallest absolute Gasteiger partial charge is 0.214 e. The Morgan fingerprint density at radius 2 is 2.18 bits per heavy atom. The molecule has 0 radical (unpaired) electrons. The first kappa shape index (κ1) is 17.1. The highest BCUT2D eigenvalue weighted by Crippen LogP contribution is 2.21. The molecular weight excluding hydrogens is 267 g/mol. The molecule has 2 N–H and O–H groups in total. The van der Waals surface area contributed by atoms with Crippen LogP contribution in [0.15, 0.2) is 0 Å². The number of nitrogens with two attached hydrogens (primary N) is 1. The van der Waals surface area contributed by atoms with Crippen LogP contribution in [-0.2, 0) is 10.0 Å². The molecule has 0 aromatic carbocycles. The average molecular weight is 289 g/mol. The number of hydrogen-bond donors (Lipinski definition) is 1. The minimum absolute atomic E-state index is 0. The van der Waals surface area contributed by atoms with Crippen molar-refractivity contribution in [3.05, 3.63) is 0 Å². The second kappa shape index (κ2) is 7.51. The van der Waals surface area contributed by atoms with Crippen LogP contribution in [0.1, 0.15) is 26.2 Å². The van der Waals surface area contributed by atoms with E-state index in [0.717, 1.165) is 12.8 Å². The Morgan fingerprint density at radius 1 is 1.53 bits per heavy atom. The molecule has 7 heteroatoms. The van der Waals surface area contributed by atoms with E-state index in [1.165, 1.54) is 4.31 Å². The van der Waals surface area contributed by atoms with Crippen molar-refractivity contribution in [3.63, 3.8) is 0 Å². The fourth-order valence-corrected chi connectivity index (χ4v) is 3.58. The highest BCUT2D eigenvalue weighted by molar-refractivity contribution is 7.89. The molecule has 4 nitrogen and oxygen atoms in total. The number of nitrogens with zero attached hydrogens (tertiary/aromatic N) is 1. The summed E-state index contributed by atoms with van der Waals surface area (Å²) in [6, 6.07) is 0.0131. The monoisotopic (exact) mass is 288 g/mol. The predicted octanol–water partition coefficient (Wildman–Crippen LogP) is 1.16. The molecule has 104 valence electrons. The summed E-state index contributed by atoms with van der Waals surface area (Å²) in [5.74, 6) is 0.142. The topological polar surface area (TPSA) is 63.4 Å². The van der Waals surface area contributed by atoms with Crippen molar-refractivity contribution in [2.75, 3.05) is 25.5 Å². The highest BCUT2D eigenvalue weighted by atomic mass is 35.5. The Kier molecular flexibility index (Phi) is 7.55. The zero-order valence-electron chi connectivity index (χ0n) is 10.1. The molecule has 1 aliphatic heterocycles. The van der Waals surface area contributed by atoms with Crippen molar-refractivity contribution in [2.45, 2.75) is 32.2 Å². The predicted molar refractivity (Wildman–Crippen MR) is 69.6 cm³/mol. The molecule has 1 aliphatic rings. The van der Waals surface area contributed by atoms with Gasteiger partial charge in [0.25, 0.3) is 0 Å². The molecule has 1 saturated heterocycles. The van der Waals surface area contributed by atoms with Gasteiger partial charge >= 0.3 is 0 Å². The van der Waals surface area contributed by atoms with Gasteiger partial charge in [-0.2, -0.15) is 0 Å². The Hall–Kier alpha value is 0.0900. The van der Waals surface area contributed by atoms with Crippen LogP contribution in [-0.4, -0.2) is 44.3 Å². The van der Waals surface area contributed by atoms with Gasteiger partial charge in [0.15, 0.2) is 0 Å². The van der Waals surface area contributed by atoms with E-state index in [1.54, 1.807) is 0 Å². The van der Waals surface area contributed by atoms with Gasteiger partial charge in [0.1, 0.15) is 0 Å². The maximum absolute atomic E-state index is 12.0. The summed E-state index contributed by atoms with van der Waals surface area (Å²) in [5, 5.41) is 0. The summed E-state index contributed by atoms with van der Waals surface area (Å²) in [7, 11) is -3.27. The van der Waals surface area contributed by atoms with Crippen LogP contribution in [0.2, 0.25) is 0 Å². The molecule has 1 rings (SSSR count). The minimum Gasteiger partial charge on any atom is -0.328 e. The maximum Gasteiger partial charge on any atom is 0.214 e. The van der Waals surface area contributed by atoms with Gasteiger partial charge in [0, 0.05) is 19.1 Å². The van der Waals surface area contributed by atoms with Crippen molar-refractivity contribution < 1.29 is 12.8 Å². The van der Waals surface area contributed by atoms with Gasteiger partial charge in [-0.05, 0) is 32.1 Å². The van der Waals surface area contributed by atoms with Gasteiger partial charge in [0.05, 0.1) is 12.4 Å². The van der Waals surface area contributed by atoms with Gasteiger partial charge in [-0.15, -0.1) is 12.4 Å².